The van der Waals surface area contributed by atoms with Crippen LogP contribution in [0.3, 0.4) is 0 Å². The third-order valence-corrected chi connectivity index (χ3v) is 5.52. The van der Waals surface area contributed by atoms with E-state index in [1.165, 1.54) is 7.05 Å². The highest BCUT2D eigenvalue weighted by Crippen LogP contribution is 2.25. The Morgan fingerprint density at radius 3 is 2.33 bits per heavy atom. The highest BCUT2D eigenvalue weighted by Gasteiger charge is 2.14. The van der Waals surface area contributed by atoms with Crippen molar-refractivity contribution in [2.75, 3.05) is 7.05 Å². The SMILES string of the molecule is CNS(=O)(=O)Cc1ccc(CNC(=O)c2ccc(Br)cc2OC(C)C)cc1. The van der Waals surface area contributed by atoms with Crippen molar-refractivity contribution in [3.63, 3.8) is 0 Å². The molecule has 0 aliphatic carbocycles. The lowest BCUT2D eigenvalue weighted by Gasteiger charge is -2.15. The number of nitrogens with one attached hydrogen (secondary N) is 2. The first-order valence-electron chi connectivity index (χ1n) is 8.43. The maximum Gasteiger partial charge on any atom is 0.255 e. The lowest BCUT2D eigenvalue weighted by atomic mass is 10.1. The third kappa shape index (κ3) is 6.64. The van der Waals surface area contributed by atoms with Gasteiger partial charge in [0.2, 0.25) is 10.0 Å². The summed E-state index contributed by atoms with van der Waals surface area (Å²) in [5, 5.41) is 2.86. The van der Waals surface area contributed by atoms with Crippen molar-refractivity contribution in [1.29, 1.82) is 0 Å². The largest absolute Gasteiger partial charge is 0.490 e. The van der Waals surface area contributed by atoms with Crippen LogP contribution in [0.5, 0.6) is 5.75 Å². The number of carbonyl (C=O) groups is 1. The van der Waals surface area contributed by atoms with Gasteiger partial charge in [-0.15, -0.1) is 0 Å². The second-order valence-electron chi connectivity index (χ2n) is 6.27. The van der Waals surface area contributed by atoms with Gasteiger partial charge in [0.1, 0.15) is 5.75 Å². The Bertz CT molecular complexity index is 896. The normalized spacial score (nSPS) is 11.4. The first-order valence-corrected chi connectivity index (χ1v) is 10.9. The van der Waals surface area contributed by atoms with E-state index in [9.17, 15) is 13.2 Å². The summed E-state index contributed by atoms with van der Waals surface area (Å²) in [5.74, 6) is 0.203. The van der Waals surface area contributed by atoms with Crippen LogP contribution in [0.4, 0.5) is 0 Å². The Hall–Kier alpha value is -1.90. The minimum absolute atomic E-state index is 0.0488. The Balaban J connectivity index is 2.03. The summed E-state index contributed by atoms with van der Waals surface area (Å²) in [6, 6.07) is 12.3. The zero-order valence-electron chi connectivity index (χ0n) is 15.5. The molecule has 0 heterocycles. The molecule has 0 radical (unpaired) electrons. The van der Waals surface area contributed by atoms with E-state index in [0.717, 1.165) is 10.0 Å². The van der Waals surface area contributed by atoms with Crippen molar-refractivity contribution in [3.05, 3.63) is 63.6 Å². The van der Waals surface area contributed by atoms with Crippen LogP contribution in [-0.4, -0.2) is 27.5 Å². The van der Waals surface area contributed by atoms with Crippen molar-refractivity contribution >= 4 is 31.9 Å². The summed E-state index contributed by atoms with van der Waals surface area (Å²) in [5.41, 5.74) is 2.01. The van der Waals surface area contributed by atoms with Crippen LogP contribution in [0.1, 0.15) is 35.3 Å². The van der Waals surface area contributed by atoms with E-state index in [2.05, 4.69) is 26.0 Å². The van der Waals surface area contributed by atoms with Crippen LogP contribution >= 0.6 is 15.9 Å². The molecular weight excluding hydrogens is 432 g/mol. The van der Waals surface area contributed by atoms with Gasteiger partial charge < -0.3 is 10.1 Å². The van der Waals surface area contributed by atoms with Crippen LogP contribution in [0.15, 0.2) is 46.9 Å². The Kier molecular flexibility index (Phi) is 7.41. The van der Waals surface area contributed by atoms with Crippen molar-refractivity contribution in [1.82, 2.24) is 10.0 Å². The quantitative estimate of drug-likeness (QED) is 0.641. The fourth-order valence-electron chi connectivity index (χ4n) is 2.36. The van der Waals surface area contributed by atoms with E-state index >= 15 is 0 Å². The fraction of sp³-hybridized carbons (Fsp3) is 0.316. The van der Waals surface area contributed by atoms with E-state index in [-0.39, 0.29) is 17.8 Å². The molecule has 6 nitrogen and oxygen atoms in total. The highest BCUT2D eigenvalue weighted by molar-refractivity contribution is 9.10. The number of amides is 1. The Labute approximate surface area is 168 Å². The summed E-state index contributed by atoms with van der Waals surface area (Å²) in [4.78, 5) is 12.5. The van der Waals surface area contributed by atoms with Crippen LogP contribution < -0.4 is 14.8 Å². The van der Waals surface area contributed by atoms with E-state index in [4.69, 9.17) is 4.74 Å². The first kappa shape index (κ1) is 21.4. The molecule has 2 N–H and O–H groups in total. The lowest BCUT2D eigenvalue weighted by Crippen LogP contribution is -2.24. The summed E-state index contributed by atoms with van der Waals surface area (Å²) < 4.78 is 32.0. The van der Waals surface area contributed by atoms with Gasteiger partial charge in [0.25, 0.3) is 5.91 Å². The van der Waals surface area contributed by atoms with Crippen molar-refractivity contribution < 1.29 is 17.9 Å². The molecule has 146 valence electrons. The van der Waals surface area contributed by atoms with Gasteiger partial charge in [-0.1, -0.05) is 40.2 Å². The molecule has 0 saturated carbocycles. The number of hydrogen-bond donors (Lipinski definition) is 2. The minimum Gasteiger partial charge on any atom is -0.490 e. The van der Waals surface area contributed by atoms with Crippen molar-refractivity contribution in [3.8, 4) is 5.75 Å². The maximum absolute atomic E-state index is 12.5. The molecule has 0 aromatic heterocycles. The van der Waals surface area contributed by atoms with Gasteiger partial charge in [-0.3, -0.25) is 4.79 Å². The van der Waals surface area contributed by atoms with Gasteiger partial charge in [-0.25, -0.2) is 13.1 Å². The number of sulfonamides is 1. The molecule has 0 aliphatic rings. The molecule has 2 aromatic carbocycles. The fourth-order valence-corrected chi connectivity index (χ4v) is 3.47. The molecule has 27 heavy (non-hydrogen) atoms. The molecule has 2 aromatic rings. The molecule has 2 rings (SSSR count). The molecule has 1 amide bonds. The molecule has 8 heteroatoms. The predicted octanol–water partition coefficient (Wildman–Crippen LogP) is 3.22. The summed E-state index contributed by atoms with van der Waals surface area (Å²) in [6.07, 6.45) is -0.0488. The van der Waals surface area contributed by atoms with E-state index in [1.54, 1.807) is 42.5 Å². The summed E-state index contributed by atoms with van der Waals surface area (Å²) in [6.45, 7) is 4.13. The molecular formula is C19H23BrN2O4S. The van der Waals surface area contributed by atoms with Crippen LogP contribution in [0.2, 0.25) is 0 Å². The molecule has 0 atom stereocenters. The van der Waals surface area contributed by atoms with Gasteiger partial charge in [-0.05, 0) is 50.2 Å². The van der Waals surface area contributed by atoms with Gasteiger partial charge in [-0.2, -0.15) is 0 Å². The zero-order chi connectivity index (χ0) is 20.0. The predicted molar refractivity (Wildman–Crippen MR) is 109 cm³/mol. The summed E-state index contributed by atoms with van der Waals surface area (Å²) in [7, 11) is -1.92. The highest BCUT2D eigenvalue weighted by atomic mass is 79.9. The molecule has 0 aliphatic heterocycles. The number of halogens is 1. The number of benzene rings is 2. The monoisotopic (exact) mass is 454 g/mol. The average molecular weight is 455 g/mol. The molecule has 0 unspecified atom stereocenters. The van der Waals surface area contributed by atoms with E-state index < -0.39 is 10.0 Å². The van der Waals surface area contributed by atoms with Crippen molar-refractivity contribution in [2.45, 2.75) is 32.2 Å². The Morgan fingerprint density at radius 1 is 1.11 bits per heavy atom. The molecule has 0 fully saturated rings. The number of rotatable bonds is 8. The lowest BCUT2D eigenvalue weighted by molar-refractivity contribution is 0.0945. The first-order chi connectivity index (χ1) is 12.7. The number of hydrogen-bond acceptors (Lipinski definition) is 4. The smallest absolute Gasteiger partial charge is 0.255 e. The van der Waals surface area contributed by atoms with Gasteiger partial charge in [0.15, 0.2) is 0 Å². The van der Waals surface area contributed by atoms with Gasteiger partial charge >= 0.3 is 0 Å². The van der Waals surface area contributed by atoms with E-state index in [1.807, 2.05) is 13.8 Å². The standard InChI is InChI=1S/C19H23BrN2O4S/c1-13(2)26-18-10-16(20)8-9-17(18)19(23)22-11-14-4-6-15(7-5-14)12-27(24,25)21-3/h4-10,13,21H,11-12H2,1-3H3,(H,22,23). The van der Waals surface area contributed by atoms with Gasteiger partial charge in [0, 0.05) is 11.0 Å². The molecule has 0 saturated heterocycles. The molecule has 0 bridgehead atoms. The zero-order valence-corrected chi connectivity index (χ0v) is 17.9. The topological polar surface area (TPSA) is 84.5 Å². The van der Waals surface area contributed by atoms with Crippen LogP contribution in [0.25, 0.3) is 0 Å². The average Bonchev–Trinajstić information content (AvgIpc) is 2.60. The number of ether oxygens (including phenoxy) is 1. The minimum atomic E-state index is -3.30. The third-order valence-electron chi connectivity index (χ3n) is 3.69. The second-order valence-corrected chi connectivity index (χ2v) is 9.11. The summed E-state index contributed by atoms with van der Waals surface area (Å²) >= 11 is 3.38. The maximum atomic E-state index is 12.5. The second kappa shape index (κ2) is 9.34. The number of carbonyl (C=O) groups excluding carboxylic acids is 1. The van der Waals surface area contributed by atoms with Crippen molar-refractivity contribution in [2.24, 2.45) is 0 Å². The Morgan fingerprint density at radius 2 is 1.74 bits per heavy atom. The molecule has 0 spiro atoms. The van der Waals surface area contributed by atoms with Crippen LogP contribution in [0, 0.1) is 0 Å². The van der Waals surface area contributed by atoms with Crippen LogP contribution in [-0.2, 0) is 22.3 Å². The van der Waals surface area contributed by atoms with E-state index in [0.29, 0.717) is 23.4 Å². The van der Waals surface area contributed by atoms with Gasteiger partial charge in [0.05, 0.1) is 17.4 Å².